The lowest BCUT2D eigenvalue weighted by atomic mass is 9.95. The summed E-state index contributed by atoms with van der Waals surface area (Å²) in [7, 11) is 0. The molecule has 2 heterocycles. The SMILES string of the molecule is O=C(CC1CCCNC1)N1CCCC(O)C1. The molecule has 0 aromatic heterocycles. The van der Waals surface area contributed by atoms with E-state index in [4.69, 9.17) is 0 Å². The van der Waals surface area contributed by atoms with Crippen LogP contribution in [-0.2, 0) is 4.79 Å². The lowest BCUT2D eigenvalue weighted by Crippen LogP contribution is -2.43. The van der Waals surface area contributed by atoms with Crippen LogP contribution >= 0.6 is 0 Å². The van der Waals surface area contributed by atoms with E-state index >= 15 is 0 Å². The molecule has 4 nitrogen and oxygen atoms in total. The van der Waals surface area contributed by atoms with Crippen LogP contribution in [0, 0.1) is 5.92 Å². The Labute approximate surface area is 97.0 Å². The molecule has 0 radical (unpaired) electrons. The Morgan fingerprint density at radius 2 is 2.25 bits per heavy atom. The van der Waals surface area contributed by atoms with Gasteiger partial charge in [-0.2, -0.15) is 0 Å². The number of carbonyl (C=O) groups excluding carboxylic acids is 1. The van der Waals surface area contributed by atoms with Gasteiger partial charge in [0, 0.05) is 19.5 Å². The molecule has 0 aliphatic carbocycles. The molecule has 4 heteroatoms. The largest absolute Gasteiger partial charge is 0.391 e. The quantitative estimate of drug-likeness (QED) is 0.715. The first-order valence-electron chi connectivity index (χ1n) is 6.42. The molecule has 0 bridgehead atoms. The summed E-state index contributed by atoms with van der Waals surface area (Å²) in [5.74, 6) is 0.729. The van der Waals surface area contributed by atoms with E-state index in [1.165, 1.54) is 6.42 Å². The zero-order chi connectivity index (χ0) is 11.4. The second-order valence-corrected chi connectivity index (χ2v) is 5.05. The van der Waals surface area contributed by atoms with Crippen molar-refractivity contribution >= 4 is 5.91 Å². The fourth-order valence-electron chi connectivity index (χ4n) is 2.66. The number of rotatable bonds is 2. The zero-order valence-electron chi connectivity index (χ0n) is 9.82. The summed E-state index contributed by atoms with van der Waals surface area (Å²) in [5.41, 5.74) is 0. The van der Waals surface area contributed by atoms with Gasteiger partial charge in [0.2, 0.25) is 5.91 Å². The minimum Gasteiger partial charge on any atom is -0.391 e. The van der Waals surface area contributed by atoms with Gasteiger partial charge < -0.3 is 15.3 Å². The van der Waals surface area contributed by atoms with Crippen LogP contribution in [0.25, 0.3) is 0 Å². The van der Waals surface area contributed by atoms with Gasteiger partial charge in [-0.15, -0.1) is 0 Å². The average Bonchev–Trinajstić information content (AvgIpc) is 2.30. The predicted molar refractivity (Wildman–Crippen MR) is 62.0 cm³/mol. The lowest BCUT2D eigenvalue weighted by Gasteiger charge is -2.32. The van der Waals surface area contributed by atoms with Crippen molar-refractivity contribution in [2.75, 3.05) is 26.2 Å². The maximum Gasteiger partial charge on any atom is 0.222 e. The van der Waals surface area contributed by atoms with E-state index in [1.54, 1.807) is 0 Å². The van der Waals surface area contributed by atoms with Gasteiger partial charge in [-0.25, -0.2) is 0 Å². The first-order chi connectivity index (χ1) is 7.75. The number of nitrogens with one attached hydrogen (secondary N) is 1. The Morgan fingerprint density at radius 1 is 1.38 bits per heavy atom. The molecule has 0 aromatic carbocycles. The minimum atomic E-state index is -0.304. The van der Waals surface area contributed by atoms with Crippen LogP contribution in [0.2, 0.25) is 0 Å². The van der Waals surface area contributed by atoms with Gasteiger partial charge in [0.05, 0.1) is 6.10 Å². The summed E-state index contributed by atoms with van der Waals surface area (Å²) < 4.78 is 0. The van der Waals surface area contributed by atoms with Crippen LogP contribution in [0.4, 0.5) is 0 Å². The zero-order valence-corrected chi connectivity index (χ0v) is 9.82. The van der Waals surface area contributed by atoms with Crippen molar-refractivity contribution in [3.05, 3.63) is 0 Å². The van der Waals surface area contributed by atoms with Crippen molar-refractivity contribution in [2.45, 2.75) is 38.2 Å². The van der Waals surface area contributed by atoms with E-state index < -0.39 is 0 Å². The average molecular weight is 226 g/mol. The van der Waals surface area contributed by atoms with Gasteiger partial charge in [-0.1, -0.05) is 0 Å². The monoisotopic (exact) mass is 226 g/mol. The third-order valence-corrected chi connectivity index (χ3v) is 3.61. The molecule has 2 N–H and O–H groups in total. The van der Waals surface area contributed by atoms with Crippen LogP contribution < -0.4 is 5.32 Å². The van der Waals surface area contributed by atoms with E-state index in [-0.39, 0.29) is 12.0 Å². The first-order valence-corrected chi connectivity index (χ1v) is 6.42. The molecule has 0 aromatic rings. The number of hydrogen-bond donors (Lipinski definition) is 2. The molecule has 92 valence electrons. The second kappa shape index (κ2) is 5.64. The molecule has 2 rings (SSSR count). The van der Waals surface area contributed by atoms with Gasteiger partial charge in [0.1, 0.15) is 0 Å². The number of carbonyl (C=O) groups is 1. The number of β-amino-alcohol motifs (C(OH)–C–C–N with tert-alkyl or cyclic N) is 1. The number of hydrogen-bond acceptors (Lipinski definition) is 3. The Morgan fingerprint density at radius 3 is 2.94 bits per heavy atom. The number of piperidine rings is 2. The van der Waals surface area contributed by atoms with Crippen molar-refractivity contribution in [3.8, 4) is 0 Å². The van der Waals surface area contributed by atoms with E-state index in [2.05, 4.69) is 5.32 Å². The van der Waals surface area contributed by atoms with Crippen LogP contribution in [0.15, 0.2) is 0 Å². The Balaban J connectivity index is 1.77. The molecule has 2 saturated heterocycles. The van der Waals surface area contributed by atoms with Crippen LogP contribution in [-0.4, -0.2) is 48.2 Å². The topological polar surface area (TPSA) is 52.6 Å². The molecule has 2 fully saturated rings. The number of nitrogens with zero attached hydrogens (tertiary/aromatic N) is 1. The smallest absolute Gasteiger partial charge is 0.222 e. The Hall–Kier alpha value is -0.610. The molecule has 2 unspecified atom stereocenters. The number of aliphatic hydroxyl groups is 1. The van der Waals surface area contributed by atoms with Gasteiger partial charge in [-0.05, 0) is 44.7 Å². The highest BCUT2D eigenvalue weighted by atomic mass is 16.3. The summed E-state index contributed by atoms with van der Waals surface area (Å²) in [6, 6.07) is 0. The van der Waals surface area contributed by atoms with Crippen LogP contribution in [0.3, 0.4) is 0 Å². The molecule has 16 heavy (non-hydrogen) atoms. The highest BCUT2D eigenvalue weighted by Gasteiger charge is 2.24. The first kappa shape index (κ1) is 11.9. The van der Waals surface area contributed by atoms with Gasteiger partial charge >= 0.3 is 0 Å². The van der Waals surface area contributed by atoms with Crippen LogP contribution in [0.5, 0.6) is 0 Å². The maximum absolute atomic E-state index is 12.0. The minimum absolute atomic E-state index is 0.229. The highest BCUT2D eigenvalue weighted by molar-refractivity contribution is 5.76. The van der Waals surface area contributed by atoms with Crippen molar-refractivity contribution in [3.63, 3.8) is 0 Å². The lowest BCUT2D eigenvalue weighted by molar-refractivity contribution is -0.135. The van der Waals surface area contributed by atoms with Gasteiger partial charge in [0.15, 0.2) is 0 Å². The van der Waals surface area contributed by atoms with Gasteiger partial charge in [-0.3, -0.25) is 4.79 Å². The molecule has 0 saturated carbocycles. The normalized spacial score (nSPS) is 31.4. The summed E-state index contributed by atoms with van der Waals surface area (Å²) in [6.45, 7) is 3.43. The standard InChI is InChI=1S/C12H22N2O2/c15-11-4-2-6-14(9-11)12(16)7-10-3-1-5-13-8-10/h10-11,13,15H,1-9H2. The van der Waals surface area contributed by atoms with E-state index in [9.17, 15) is 9.90 Å². The van der Waals surface area contributed by atoms with E-state index in [0.29, 0.717) is 18.9 Å². The molecule has 2 aliphatic rings. The maximum atomic E-state index is 12.0. The Bertz CT molecular complexity index is 239. The third-order valence-electron chi connectivity index (χ3n) is 3.61. The summed E-state index contributed by atoms with van der Waals surface area (Å²) >= 11 is 0. The molecule has 2 aliphatic heterocycles. The van der Waals surface area contributed by atoms with Crippen LogP contribution in [0.1, 0.15) is 32.1 Å². The predicted octanol–water partition coefficient (Wildman–Crippen LogP) is 0.359. The fraction of sp³-hybridized carbons (Fsp3) is 0.917. The summed E-state index contributed by atoms with van der Waals surface area (Å²) in [6.07, 6.45) is 4.47. The fourth-order valence-corrected chi connectivity index (χ4v) is 2.66. The second-order valence-electron chi connectivity index (χ2n) is 5.05. The molecular formula is C12H22N2O2. The van der Waals surface area contributed by atoms with Crippen molar-refractivity contribution < 1.29 is 9.90 Å². The van der Waals surface area contributed by atoms with E-state index in [1.807, 2.05) is 4.90 Å². The van der Waals surface area contributed by atoms with Crippen molar-refractivity contribution in [1.29, 1.82) is 0 Å². The van der Waals surface area contributed by atoms with Crippen molar-refractivity contribution in [2.24, 2.45) is 5.92 Å². The Kier molecular flexibility index (Phi) is 4.18. The summed E-state index contributed by atoms with van der Waals surface area (Å²) in [4.78, 5) is 13.8. The highest BCUT2D eigenvalue weighted by Crippen LogP contribution is 2.17. The van der Waals surface area contributed by atoms with Crippen molar-refractivity contribution in [1.82, 2.24) is 10.2 Å². The molecular weight excluding hydrogens is 204 g/mol. The third kappa shape index (κ3) is 3.19. The molecule has 2 atom stereocenters. The van der Waals surface area contributed by atoms with E-state index in [0.717, 1.165) is 38.9 Å². The summed E-state index contributed by atoms with van der Waals surface area (Å²) in [5, 5.41) is 12.9. The number of likely N-dealkylation sites (tertiary alicyclic amines) is 1. The van der Waals surface area contributed by atoms with Gasteiger partial charge in [0.25, 0.3) is 0 Å². The molecule has 1 amide bonds. The molecule has 0 spiro atoms. The number of amides is 1. The number of aliphatic hydroxyl groups excluding tert-OH is 1.